The summed E-state index contributed by atoms with van der Waals surface area (Å²) in [4.78, 5) is 12.1. The van der Waals surface area contributed by atoms with E-state index in [2.05, 4.69) is 26.4 Å². The van der Waals surface area contributed by atoms with Crippen molar-refractivity contribution in [2.75, 3.05) is 0 Å². The van der Waals surface area contributed by atoms with E-state index in [-0.39, 0.29) is 17.7 Å². The van der Waals surface area contributed by atoms with E-state index in [0.717, 1.165) is 0 Å². The average Bonchev–Trinajstić information content (AvgIpc) is 2.37. The first-order valence-electron chi connectivity index (χ1n) is 5.60. The first-order valence-corrected chi connectivity index (χ1v) is 6.77. The number of nitrogens with two attached hydrogens (primary N) is 1. The normalized spacial score (nSPS) is 13.4. The topological polar surface area (TPSA) is 87.7 Å². The molecule has 1 aromatic carbocycles. The van der Waals surface area contributed by atoms with Crippen LogP contribution in [0.2, 0.25) is 5.02 Å². The Morgan fingerprint density at radius 2 is 2.16 bits per heavy atom. The van der Waals surface area contributed by atoms with Crippen LogP contribution in [0.5, 0.6) is 0 Å². The van der Waals surface area contributed by atoms with E-state index >= 15 is 0 Å². The summed E-state index contributed by atoms with van der Waals surface area (Å²) in [6.07, 6.45) is 0. The van der Waals surface area contributed by atoms with Gasteiger partial charge < -0.3 is 16.3 Å². The molecule has 4 N–H and O–H groups in total. The lowest BCUT2D eigenvalue weighted by Crippen LogP contribution is -2.47. The van der Waals surface area contributed by atoms with Crippen molar-refractivity contribution >= 4 is 39.3 Å². The van der Waals surface area contributed by atoms with Gasteiger partial charge in [0.15, 0.2) is 5.84 Å². The van der Waals surface area contributed by atoms with E-state index in [4.69, 9.17) is 22.5 Å². The molecule has 1 rings (SSSR count). The van der Waals surface area contributed by atoms with E-state index in [9.17, 15) is 4.79 Å². The third-order valence-corrected chi connectivity index (χ3v) is 3.78. The quantitative estimate of drug-likeness (QED) is 0.338. The third kappa shape index (κ3) is 4.11. The Labute approximate surface area is 124 Å². The number of amides is 1. The third-order valence-electron chi connectivity index (χ3n) is 2.57. The van der Waals surface area contributed by atoms with Crippen molar-refractivity contribution in [3.8, 4) is 0 Å². The van der Waals surface area contributed by atoms with Crippen LogP contribution in [-0.2, 0) is 0 Å². The van der Waals surface area contributed by atoms with Crippen molar-refractivity contribution in [3.63, 3.8) is 0 Å². The first-order chi connectivity index (χ1) is 8.86. The molecule has 0 heterocycles. The molecular weight excluding hydrogens is 334 g/mol. The van der Waals surface area contributed by atoms with Gasteiger partial charge in [-0.3, -0.25) is 4.79 Å². The summed E-state index contributed by atoms with van der Waals surface area (Å²) in [7, 11) is 0. The number of benzene rings is 1. The molecule has 104 valence electrons. The summed E-state index contributed by atoms with van der Waals surface area (Å²) < 4.78 is 0.631. The van der Waals surface area contributed by atoms with Crippen molar-refractivity contribution in [3.05, 3.63) is 33.3 Å². The van der Waals surface area contributed by atoms with Crippen LogP contribution in [0, 0.1) is 5.92 Å². The number of carbonyl (C=O) groups excluding carboxylic acids is 1. The number of carbonyl (C=O) groups is 1. The summed E-state index contributed by atoms with van der Waals surface area (Å²) in [5.74, 6) is -0.352. The van der Waals surface area contributed by atoms with Crippen LogP contribution in [0.25, 0.3) is 0 Å². The first kappa shape index (κ1) is 15.8. The fraction of sp³-hybridized carbons (Fsp3) is 0.333. The lowest BCUT2D eigenvalue weighted by Gasteiger charge is -2.21. The molecule has 1 aromatic rings. The van der Waals surface area contributed by atoms with Gasteiger partial charge in [0.05, 0.1) is 11.1 Å². The number of nitrogens with zero attached hydrogens (tertiary/aromatic N) is 1. The number of hydrogen-bond acceptors (Lipinski definition) is 3. The molecule has 5 nitrogen and oxygen atoms in total. The van der Waals surface area contributed by atoms with Gasteiger partial charge in [0.2, 0.25) is 0 Å². The highest BCUT2D eigenvalue weighted by atomic mass is 79.9. The van der Waals surface area contributed by atoms with Crippen LogP contribution < -0.4 is 11.1 Å². The lowest BCUT2D eigenvalue weighted by atomic mass is 10.0. The fourth-order valence-corrected chi connectivity index (χ4v) is 2.00. The molecule has 7 heteroatoms. The van der Waals surface area contributed by atoms with Crippen LogP contribution in [0.15, 0.2) is 27.8 Å². The molecule has 0 saturated carbocycles. The van der Waals surface area contributed by atoms with Gasteiger partial charge in [-0.25, -0.2) is 0 Å². The number of halogens is 2. The zero-order valence-electron chi connectivity index (χ0n) is 10.5. The van der Waals surface area contributed by atoms with Crippen molar-refractivity contribution < 1.29 is 10.0 Å². The highest BCUT2D eigenvalue weighted by molar-refractivity contribution is 9.10. The molecule has 19 heavy (non-hydrogen) atoms. The van der Waals surface area contributed by atoms with E-state index in [1.807, 2.05) is 13.8 Å². The maximum Gasteiger partial charge on any atom is 0.251 e. The molecular formula is C12H15BrClN3O2. The second-order valence-electron chi connectivity index (χ2n) is 4.35. The number of amidine groups is 1. The van der Waals surface area contributed by atoms with E-state index in [0.29, 0.717) is 15.1 Å². The molecule has 0 aromatic heterocycles. The van der Waals surface area contributed by atoms with Crippen LogP contribution in [-0.4, -0.2) is 23.0 Å². The molecule has 1 amide bonds. The Kier molecular flexibility index (Phi) is 5.62. The summed E-state index contributed by atoms with van der Waals surface area (Å²) in [6, 6.07) is 4.30. The van der Waals surface area contributed by atoms with Crippen molar-refractivity contribution in [2.45, 2.75) is 19.9 Å². The molecule has 0 aliphatic rings. The van der Waals surface area contributed by atoms with E-state index in [1.54, 1.807) is 18.2 Å². The van der Waals surface area contributed by atoms with Crippen LogP contribution >= 0.6 is 27.5 Å². The van der Waals surface area contributed by atoms with Gasteiger partial charge >= 0.3 is 0 Å². The fourth-order valence-electron chi connectivity index (χ4n) is 1.51. The number of rotatable bonds is 4. The van der Waals surface area contributed by atoms with Gasteiger partial charge in [0, 0.05) is 10.0 Å². The van der Waals surface area contributed by atoms with E-state index < -0.39 is 6.04 Å². The summed E-state index contributed by atoms with van der Waals surface area (Å²) >= 11 is 9.12. The summed E-state index contributed by atoms with van der Waals surface area (Å²) in [6.45, 7) is 3.72. The second kappa shape index (κ2) is 6.77. The van der Waals surface area contributed by atoms with Crippen LogP contribution in [0.3, 0.4) is 0 Å². The van der Waals surface area contributed by atoms with Gasteiger partial charge in [0.1, 0.15) is 0 Å². The second-order valence-corrected chi connectivity index (χ2v) is 5.61. The molecule has 0 aliphatic carbocycles. The van der Waals surface area contributed by atoms with Crippen LogP contribution in [0.1, 0.15) is 24.2 Å². The van der Waals surface area contributed by atoms with Crippen molar-refractivity contribution in [2.24, 2.45) is 16.8 Å². The molecule has 0 aliphatic heterocycles. The molecule has 0 radical (unpaired) electrons. The SMILES string of the molecule is CC(C)C(NC(=O)c1ccc(Cl)c(Br)c1)/C(N)=N/O. The Balaban J connectivity index is 2.91. The molecule has 1 atom stereocenters. The maximum absolute atomic E-state index is 12.1. The predicted octanol–water partition coefficient (Wildman–Crippen LogP) is 2.60. The molecule has 0 fully saturated rings. The van der Waals surface area contributed by atoms with Gasteiger partial charge in [-0.15, -0.1) is 0 Å². The smallest absolute Gasteiger partial charge is 0.251 e. The Bertz CT molecular complexity index is 506. The van der Waals surface area contributed by atoms with Crippen molar-refractivity contribution in [1.29, 1.82) is 0 Å². The van der Waals surface area contributed by atoms with E-state index in [1.165, 1.54) is 0 Å². The lowest BCUT2D eigenvalue weighted by molar-refractivity contribution is 0.0938. The molecule has 0 saturated heterocycles. The number of hydrogen-bond donors (Lipinski definition) is 3. The Morgan fingerprint density at radius 1 is 1.53 bits per heavy atom. The van der Waals surface area contributed by atoms with Gasteiger partial charge in [-0.05, 0) is 40.0 Å². The van der Waals surface area contributed by atoms with Gasteiger partial charge in [-0.1, -0.05) is 30.6 Å². The standard InChI is InChI=1S/C12H15BrClN3O2/c1-6(2)10(11(15)17-19)16-12(18)7-3-4-9(14)8(13)5-7/h3-6,10,19H,1-2H3,(H2,15,17)(H,16,18). The van der Waals surface area contributed by atoms with Crippen LogP contribution in [0.4, 0.5) is 0 Å². The maximum atomic E-state index is 12.1. The van der Waals surface area contributed by atoms with Gasteiger partial charge in [0.25, 0.3) is 5.91 Å². The predicted molar refractivity (Wildman–Crippen MR) is 78.7 cm³/mol. The highest BCUT2D eigenvalue weighted by Gasteiger charge is 2.21. The summed E-state index contributed by atoms with van der Waals surface area (Å²) in [5.41, 5.74) is 5.99. The molecule has 1 unspecified atom stereocenters. The average molecular weight is 349 g/mol. The molecule has 0 spiro atoms. The van der Waals surface area contributed by atoms with Crippen molar-refractivity contribution in [1.82, 2.24) is 5.32 Å². The zero-order valence-corrected chi connectivity index (χ0v) is 12.9. The minimum absolute atomic E-state index is 0.00408. The monoisotopic (exact) mass is 347 g/mol. The highest BCUT2D eigenvalue weighted by Crippen LogP contribution is 2.23. The molecule has 0 bridgehead atoms. The number of nitrogens with one attached hydrogen (secondary N) is 1. The largest absolute Gasteiger partial charge is 0.409 e. The van der Waals surface area contributed by atoms with Gasteiger partial charge in [-0.2, -0.15) is 0 Å². The summed E-state index contributed by atoms with van der Waals surface area (Å²) in [5, 5.41) is 14.9. The minimum atomic E-state index is -0.535. The number of oxime groups is 1. The minimum Gasteiger partial charge on any atom is -0.409 e. The Morgan fingerprint density at radius 3 is 2.63 bits per heavy atom. The Hall–Kier alpha value is -1.27. The zero-order chi connectivity index (χ0) is 14.6.